The van der Waals surface area contributed by atoms with E-state index in [1.54, 1.807) is 7.05 Å². The van der Waals surface area contributed by atoms with Crippen LogP contribution in [0, 0.1) is 0 Å². The predicted octanol–water partition coefficient (Wildman–Crippen LogP) is 1.81. The Morgan fingerprint density at radius 2 is 1.77 bits per heavy atom. The van der Waals surface area contributed by atoms with Gasteiger partial charge in [0.2, 0.25) is 24.2 Å². The van der Waals surface area contributed by atoms with Crippen molar-refractivity contribution in [3.8, 4) is 0 Å². The van der Waals surface area contributed by atoms with Gasteiger partial charge in [0.15, 0.2) is 0 Å². The van der Waals surface area contributed by atoms with Crippen molar-refractivity contribution in [3.63, 3.8) is 0 Å². The lowest BCUT2D eigenvalue weighted by molar-refractivity contribution is 0.419. The summed E-state index contributed by atoms with van der Waals surface area (Å²) in [7, 11) is 3.61. The minimum Gasteiger partial charge on any atom is -0.357 e. The highest BCUT2D eigenvalue weighted by atomic mass is 16.5. The van der Waals surface area contributed by atoms with Crippen molar-refractivity contribution in [2.24, 2.45) is 0 Å². The minimum atomic E-state index is 0.279. The third-order valence-corrected chi connectivity index (χ3v) is 2.88. The molecule has 2 heterocycles. The number of para-hydroxylation sites is 1. The summed E-state index contributed by atoms with van der Waals surface area (Å²) in [6, 6.07) is 9.78. The summed E-state index contributed by atoms with van der Waals surface area (Å²) in [5, 5.41) is 9.43. The van der Waals surface area contributed by atoms with E-state index in [0.717, 1.165) is 5.69 Å². The van der Waals surface area contributed by atoms with Gasteiger partial charge in [-0.2, -0.15) is 19.9 Å². The first-order valence-corrected chi connectivity index (χ1v) is 6.52. The summed E-state index contributed by atoms with van der Waals surface area (Å²) in [6.07, 6.45) is 1.22. The number of benzene rings is 1. The van der Waals surface area contributed by atoms with Crippen LogP contribution in [0.15, 0.2) is 41.2 Å². The monoisotopic (exact) mass is 298 g/mol. The molecule has 0 spiro atoms. The van der Waals surface area contributed by atoms with E-state index >= 15 is 0 Å². The molecule has 0 aliphatic rings. The third kappa shape index (κ3) is 2.92. The van der Waals surface area contributed by atoms with Crippen molar-refractivity contribution in [1.29, 1.82) is 0 Å². The van der Waals surface area contributed by atoms with Crippen LogP contribution in [0.2, 0.25) is 0 Å². The fourth-order valence-corrected chi connectivity index (χ4v) is 1.78. The van der Waals surface area contributed by atoms with Gasteiger partial charge in [-0.1, -0.05) is 18.2 Å². The summed E-state index contributed by atoms with van der Waals surface area (Å²) >= 11 is 0. The van der Waals surface area contributed by atoms with Gasteiger partial charge in [-0.3, -0.25) is 5.32 Å². The maximum atomic E-state index is 4.67. The van der Waals surface area contributed by atoms with Gasteiger partial charge in [0.25, 0.3) is 5.95 Å². The molecule has 9 nitrogen and oxygen atoms in total. The molecule has 0 saturated carbocycles. The topological polar surface area (TPSA) is 105 Å². The van der Waals surface area contributed by atoms with E-state index in [-0.39, 0.29) is 5.95 Å². The molecule has 112 valence electrons. The van der Waals surface area contributed by atoms with Gasteiger partial charge in [0.05, 0.1) is 0 Å². The van der Waals surface area contributed by atoms with Gasteiger partial charge >= 0.3 is 0 Å². The maximum absolute atomic E-state index is 4.67. The molecule has 3 aromatic rings. The van der Waals surface area contributed by atoms with Crippen molar-refractivity contribution in [2.75, 3.05) is 29.6 Å². The van der Waals surface area contributed by atoms with E-state index in [1.165, 1.54) is 6.39 Å². The van der Waals surface area contributed by atoms with Crippen molar-refractivity contribution in [3.05, 3.63) is 36.7 Å². The molecule has 0 atom stereocenters. The third-order valence-electron chi connectivity index (χ3n) is 2.88. The van der Waals surface area contributed by atoms with Crippen LogP contribution in [0.3, 0.4) is 0 Å². The Labute approximate surface area is 126 Å². The SMILES string of the molecule is CNc1nc(Nc2ncon2)nc(N(C)c2ccccc2)n1. The standard InChI is InChI=1S/C13H14N8O/c1-14-10-16-12(17-11-15-8-22-20-11)19-13(18-10)21(2)9-6-4-3-5-7-9/h3-8H,1-2H3,(H2,14,16,17,18,19,20). The molecule has 0 aliphatic heterocycles. The quantitative estimate of drug-likeness (QED) is 0.729. The number of hydrogen-bond acceptors (Lipinski definition) is 9. The lowest BCUT2D eigenvalue weighted by Gasteiger charge is -2.18. The second-order valence-corrected chi connectivity index (χ2v) is 4.31. The van der Waals surface area contributed by atoms with Crippen LogP contribution in [-0.2, 0) is 0 Å². The zero-order chi connectivity index (χ0) is 15.4. The van der Waals surface area contributed by atoms with E-state index in [9.17, 15) is 0 Å². The van der Waals surface area contributed by atoms with Gasteiger partial charge in [0, 0.05) is 19.8 Å². The smallest absolute Gasteiger partial charge is 0.270 e. The van der Waals surface area contributed by atoms with Crippen LogP contribution >= 0.6 is 0 Å². The summed E-state index contributed by atoms with van der Waals surface area (Å²) in [4.78, 5) is 18.6. The molecule has 0 bridgehead atoms. The van der Waals surface area contributed by atoms with Crippen LogP contribution < -0.4 is 15.5 Å². The molecule has 0 aliphatic carbocycles. The van der Waals surface area contributed by atoms with E-state index in [0.29, 0.717) is 17.8 Å². The molecule has 3 rings (SSSR count). The Hall–Kier alpha value is -3.23. The molecule has 0 radical (unpaired) electrons. The van der Waals surface area contributed by atoms with Crippen LogP contribution in [0.25, 0.3) is 0 Å². The number of aromatic nitrogens is 5. The first-order valence-electron chi connectivity index (χ1n) is 6.52. The summed E-state index contributed by atoms with van der Waals surface area (Å²) in [5.41, 5.74) is 0.960. The first-order chi connectivity index (χ1) is 10.8. The number of nitrogens with zero attached hydrogens (tertiary/aromatic N) is 6. The predicted molar refractivity (Wildman–Crippen MR) is 81.5 cm³/mol. The molecule has 22 heavy (non-hydrogen) atoms. The Morgan fingerprint density at radius 3 is 2.45 bits per heavy atom. The Morgan fingerprint density at radius 1 is 1.00 bits per heavy atom. The fourth-order valence-electron chi connectivity index (χ4n) is 1.78. The second-order valence-electron chi connectivity index (χ2n) is 4.31. The minimum absolute atomic E-state index is 0.279. The number of nitrogens with one attached hydrogen (secondary N) is 2. The van der Waals surface area contributed by atoms with Crippen molar-refractivity contribution >= 4 is 29.5 Å². The van der Waals surface area contributed by atoms with E-state index < -0.39 is 0 Å². The molecule has 1 aromatic carbocycles. The molecule has 9 heteroatoms. The highest BCUT2D eigenvalue weighted by Gasteiger charge is 2.12. The molecule has 0 fully saturated rings. The van der Waals surface area contributed by atoms with Crippen LogP contribution in [0.1, 0.15) is 0 Å². The number of hydrogen-bond donors (Lipinski definition) is 2. The van der Waals surface area contributed by atoms with Crippen molar-refractivity contribution < 1.29 is 4.52 Å². The van der Waals surface area contributed by atoms with Crippen molar-refractivity contribution in [1.82, 2.24) is 25.1 Å². The Balaban J connectivity index is 1.93. The zero-order valence-corrected chi connectivity index (χ0v) is 12.1. The van der Waals surface area contributed by atoms with Gasteiger partial charge < -0.3 is 14.7 Å². The largest absolute Gasteiger partial charge is 0.357 e. The number of anilines is 5. The van der Waals surface area contributed by atoms with Gasteiger partial charge in [-0.15, -0.1) is 0 Å². The van der Waals surface area contributed by atoms with E-state index in [4.69, 9.17) is 0 Å². The zero-order valence-electron chi connectivity index (χ0n) is 12.1. The lowest BCUT2D eigenvalue weighted by Crippen LogP contribution is -2.16. The van der Waals surface area contributed by atoms with Crippen LogP contribution in [0.5, 0.6) is 0 Å². The van der Waals surface area contributed by atoms with Crippen LogP contribution in [0.4, 0.5) is 29.5 Å². The van der Waals surface area contributed by atoms with E-state index in [1.807, 2.05) is 42.3 Å². The molecule has 2 N–H and O–H groups in total. The fraction of sp³-hybridized carbons (Fsp3) is 0.154. The molecule has 0 amide bonds. The lowest BCUT2D eigenvalue weighted by atomic mass is 10.3. The van der Waals surface area contributed by atoms with Gasteiger partial charge in [-0.05, 0) is 17.3 Å². The van der Waals surface area contributed by atoms with Gasteiger partial charge in [-0.25, -0.2) is 0 Å². The molecular formula is C13H14N8O. The molecular weight excluding hydrogens is 284 g/mol. The second kappa shape index (κ2) is 6.04. The molecule has 0 saturated heterocycles. The van der Waals surface area contributed by atoms with Crippen molar-refractivity contribution in [2.45, 2.75) is 0 Å². The van der Waals surface area contributed by atoms with Crippen LogP contribution in [-0.4, -0.2) is 39.2 Å². The molecule has 2 aromatic heterocycles. The Bertz CT molecular complexity index is 731. The van der Waals surface area contributed by atoms with E-state index in [2.05, 4.69) is 40.2 Å². The summed E-state index contributed by atoms with van der Waals surface area (Å²) < 4.78 is 4.67. The average molecular weight is 298 g/mol. The molecule has 0 unspecified atom stereocenters. The Kier molecular flexibility index (Phi) is 3.77. The highest BCUT2D eigenvalue weighted by molar-refractivity contribution is 5.58. The average Bonchev–Trinajstić information content (AvgIpc) is 3.07. The summed E-state index contributed by atoms with van der Waals surface area (Å²) in [5.74, 6) is 1.51. The highest BCUT2D eigenvalue weighted by Crippen LogP contribution is 2.22. The normalized spacial score (nSPS) is 10.3. The number of rotatable bonds is 5. The van der Waals surface area contributed by atoms with Gasteiger partial charge in [0.1, 0.15) is 0 Å². The summed E-state index contributed by atoms with van der Waals surface area (Å²) in [6.45, 7) is 0. The first kappa shape index (κ1) is 13.7. The maximum Gasteiger partial charge on any atom is 0.270 e.